The molecule has 0 aliphatic heterocycles. The van der Waals surface area contributed by atoms with Crippen LogP contribution in [0.5, 0.6) is 5.75 Å². The second-order valence-electron chi connectivity index (χ2n) is 9.22. The average molecular weight is 572 g/mol. The molecule has 0 aliphatic rings. The molecule has 0 aliphatic carbocycles. The van der Waals surface area contributed by atoms with E-state index < -0.39 is 28.5 Å². The van der Waals surface area contributed by atoms with E-state index in [0.717, 1.165) is 4.31 Å². The van der Waals surface area contributed by atoms with Gasteiger partial charge >= 0.3 is 0 Å². The standard InChI is InChI=1S/C29H34ClN3O5S/c1-5-27(29(35)31-21(2)3)32(19-22-11-9-10-14-26(22)30)28(34)20-33(23-15-17-24(38-4)18-16-23)39(36,37)25-12-7-6-8-13-25/h6-18,21,27H,5,19-20H2,1-4H3,(H,31,35)/t27-/m0/s1. The number of carbonyl (C=O) groups is 2. The lowest BCUT2D eigenvalue weighted by atomic mass is 10.1. The Balaban J connectivity index is 2.06. The van der Waals surface area contributed by atoms with Gasteiger partial charge in [-0.1, -0.05) is 54.9 Å². The molecule has 0 saturated heterocycles. The number of methoxy groups -OCH3 is 1. The van der Waals surface area contributed by atoms with Crippen LogP contribution in [0.1, 0.15) is 32.8 Å². The number of benzene rings is 3. The minimum absolute atomic E-state index is 0.0321. The SMILES string of the molecule is CC[C@@H](C(=O)NC(C)C)N(Cc1ccccc1Cl)C(=O)CN(c1ccc(OC)cc1)S(=O)(=O)c1ccccc1. The summed E-state index contributed by atoms with van der Waals surface area (Å²) in [6.45, 7) is 4.98. The predicted octanol–water partition coefficient (Wildman–Crippen LogP) is 4.88. The van der Waals surface area contributed by atoms with Gasteiger partial charge in [-0.15, -0.1) is 0 Å². The molecule has 39 heavy (non-hydrogen) atoms. The van der Waals surface area contributed by atoms with Crippen LogP contribution < -0.4 is 14.4 Å². The van der Waals surface area contributed by atoms with Gasteiger partial charge in [-0.05, 0) is 68.3 Å². The summed E-state index contributed by atoms with van der Waals surface area (Å²) in [5, 5.41) is 3.31. The number of nitrogens with one attached hydrogen (secondary N) is 1. The molecule has 0 unspecified atom stereocenters. The van der Waals surface area contributed by atoms with Gasteiger partial charge in [-0.3, -0.25) is 13.9 Å². The van der Waals surface area contributed by atoms with Crippen molar-refractivity contribution in [2.45, 2.75) is 50.7 Å². The van der Waals surface area contributed by atoms with Crippen LogP contribution in [0.4, 0.5) is 5.69 Å². The molecule has 0 saturated carbocycles. The van der Waals surface area contributed by atoms with E-state index in [1.54, 1.807) is 73.7 Å². The van der Waals surface area contributed by atoms with Gasteiger partial charge in [0.15, 0.2) is 0 Å². The van der Waals surface area contributed by atoms with Gasteiger partial charge in [0.25, 0.3) is 10.0 Å². The van der Waals surface area contributed by atoms with E-state index in [1.807, 2.05) is 13.8 Å². The summed E-state index contributed by atoms with van der Waals surface area (Å²) in [6.07, 6.45) is 0.322. The molecule has 8 nitrogen and oxygen atoms in total. The van der Waals surface area contributed by atoms with Crippen molar-refractivity contribution in [3.8, 4) is 5.75 Å². The summed E-state index contributed by atoms with van der Waals surface area (Å²) >= 11 is 6.41. The average Bonchev–Trinajstić information content (AvgIpc) is 2.92. The molecule has 10 heteroatoms. The molecule has 1 atom stereocenters. The second kappa shape index (κ2) is 13.5. The molecule has 0 fully saturated rings. The van der Waals surface area contributed by atoms with Gasteiger partial charge in [0.2, 0.25) is 11.8 Å². The Morgan fingerprint density at radius 3 is 2.13 bits per heavy atom. The Hall–Kier alpha value is -3.56. The van der Waals surface area contributed by atoms with Crippen LogP contribution in [0.25, 0.3) is 0 Å². The molecule has 3 rings (SSSR count). The highest BCUT2D eigenvalue weighted by Gasteiger charge is 2.34. The third-order valence-corrected chi connectivity index (χ3v) is 8.24. The van der Waals surface area contributed by atoms with Crippen molar-refractivity contribution in [1.29, 1.82) is 0 Å². The zero-order valence-electron chi connectivity index (χ0n) is 22.5. The van der Waals surface area contributed by atoms with Crippen LogP contribution in [0.3, 0.4) is 0 Å². The fourth-order valence-electron chi connectivity index (χ4n) is 4.11. The lowest BCUT2D eigenvalue weighted by Gasteiger charge is -2.33. The van der Waals surface area contributed by atoms with Crippen LogP contribution in [0, 0.1) is 0 Å². The van der Waals surface area contributed by atoms with Gasteiger partial charge in [0.05, 0.1) is 17.7 Å². The van der Waals surface area contributed by atoms with Crippen molar-refractivity contribution < 1.29 is 22.7 Å². The molecule has 0 aromatic heterocycles. The van der Waals surface area contributed by atoms with Gasteiger partial charge in [-0.25, -0.2) is 8.42 Å². The van der Waals surface area contributed by atoms with Crippen LogP contribution in [-0.4, -0.2) is 50.9 Å². The topological polar surface area (TPSA) is 96.0 Å². The number of rotatable bonds is 12. The Morgan fingerprint density at radius 2 is 1.56 bits per heavy atom. The van der Waals surface area contributed by atoms with E-state index in [0.29, 0.717) is 22.8 Å². The van der Waals surface area contributed by atoms with Crippen molar-refractivity contribution >= 4 is 39.1 Å². The summed E-state index contributed by atoms with van der Waals surface area (Å²) in [5.41, 5.74) is 0.926. The van der Waals surface area contributed by atoms with Crippen LogP contribution in [-0.2, 0) is 26.2 Å². The second-order valence-corrected chi connectivity index (χ2v) is 11.5. The number of hydrogen-bond donors (Lipinski definition) is 1. The number of hydrogen-bond acceptors (Lipinski definition) is 5. The lowest BCUT2D eigenvalue weighted by molar-refractivity contribution is -0.140. The highest BCUT2D eigenvalue weighted by molar-refractivity contribution is 7.92. The molecule has 0 bridgehead atoms. The number of nitrogens with zero attached hydrogens (tertiary/aromatic N) is 2. The number of carbonyl (C=O) groups excluding carboxylic acids is 2. The number of sulfonamides is 1. The minimum atomic E-state index is -4.14. The molecule has 0 radical (unpaired) electrons. The van der Waals surface area contributed by atoms with Gasteiger partial charge in [0, 0.05) is 17.6 Å². The molecule has 0 heterocycles. The van der Waals surface area contributed by atoms with Crippen molar-refractivity contribution in [1.82, 2.24) is 10.2 Å². The Kier molecular flexibility index (Phi) is 10.4. The molecule has 0 spiro atoms. The number of anilines is 1. The fraction of sp³-hybridized carbons (Fsp3) is 0.310. The van der Waals surface area contributed by atoms with Crippen LogP contribution >= 0.6 is 11.6 Å². The van der Waals surface area contributed by atoms with Crippen molar-refractivity contribution in [2.75, 3.05) is 18.0 Å². The fourth-order valence-corrected chi connectivity index (χ4v) is 5.74. The summed E-state index contributed by atoms with van der Waals surface area (Å²) in [4.78, 5) is 28.6. The first-order valence-corrected chi connectivity index (χ1v) is 14.4. The van der Waals surface area contributed by atoms with E-state index in [1.165, 1.54) is 24.1 Å². The first-order chi connectivity index (χ1) is 18.6. The normalized spacial score (nSPS) is 12.1. The Morgan fingerprint density at radius 1 is 0.949 bits per heavy atom. The monoisotopic (exact) mass is 571 g/mol. The molecule has 3 aromatic rings. The Bertz CT molecular complexity index is 1370. The van der Waals surface area contributed by atoms with Crippen molar-refractivity contribution in [3.63, 3.8) is 0 Å². The maximum absolute atomic E-state index is 14.0. The number of amides is 2. The first kappa shape index (κ1) is 30.0. The highest BCUT2D eigenvalue weighted by Crippen LogP contribution is 2.27. The molecular weight excluding hydrogens is 538 g/mol. The molecule has 1 N–H and O–H groups in total. The zero-order valence-corrected chi connectivity index (χ0v) is 24.1. The van der Waals surface area contributed by atoms with E-state index in [9.17, 15) is 18.0 Å². The molecule has 2 amide bonds. The number of ether oxygens (including phenoxy) is 1. The number of halogens is 1. The minimum Gasteiger partial charge on any atom is -0.497 e. The van der Waals surface area contributed by atoms with E-state index in [-0.39, 0.29) is 29.1 Å². The highest BCUT2D eigenvalue weighted by atomic mass is 35.5. The lowest BCUT2D eigenvalue weighted by Crippen LogP contribution is -2.53. The first-order valence-electron chi connectivity index (χ1n) is 12.6. The van der Waals surface area contributed by atoms with E-state index in [2.05, 4.69) is 5.32 Å². The summed E-state index contributed by atoms with van der Waals surface area (Å²) in [6, 6.07) is 20.4. The zero-order chi connectivity index (χ0) is 28.6. The third kappa shape index (κ3) is 7.52. The van der Waals surface area contributed by atoms with Crippen molar-refractivity contribution in [2.24, 2.45) is 0 Å². The van der Waals surface area contributed by atoms with Gasteiger partial charge in [-0.2, -0.15) is 0 Å². The maximum atomic E-state index is 14.0. The maximum Gasteiger partial charge on any atom is 0.264 e. The van der Waals surface area contributed by atoms with Gasteiger partial charge in [0.1, 0.15) is 18.3 Å². The van der Waals surface area contributed by atoms with Crippen molar-refractivity contribution in [3.05, 3.63) is 89.4 Å². The van der Waals surface area contributed by atoms with Crippen LogP contribution in [0.2, 0.25) is 5.02 Å². The van der Waals surface area contributed by atoms with Crippen LogP contribution in [0.15, 0.2) is 83.8 Å². The Labute approximate surface area is 235 Å². The molecular formula is C29H34ClN3O5S. The summed E-state index contributed by atoms with van der Waals surface area (Å²) in [5.74, 6) is -0.329. The third-order valence-electron chi connectivity index (χ3n) is 6.09. The summed E-state index contributed by atoms with van der Waals surface area (Å²) < 4.78 is 33.9. The summed E-state index contributed by atoms with van der Waals surface area (Å²) in [7, 11) is -2.63. The smallest absolute Gasteiger partial charge is 0.264 e. The predicted molar refractivity (Wildman–Crippen MR) is 153 cm³/mol. The largest absolute Gasteiger partial charge is 0.497 e. The molecule has 3 aromatic carbocycles. The molecule has 208 valence electrons. The van der Waals surface area contributed by atoms with Gasteiger partial charge < -0.3 is 15.0 Å². The quantitative estimate of drug-likeness (QED) is 0.334. The van der Waals surface area contributed by atoms with E-state index in [4.69, 9.17) is 16.3 Å². The van der Waals surface area contributed by atoms with E-state index >= 15 is 0 Å².